The number of rotatable bonds is 4. The molecule has 0 fully saturated rings. The summed E-state index contributed by atoms with van der Waals surface area (Å²) in [7, 11) is 0. The maximum atomic E-state index is 12.2. The molecule has 0 unspecified atom stereocenters. The van der Waals surface area contributed by atoms with Gasteiger partial charge < -0.3 is 10.4 Å². The van der Waals surface area contributed by atoms with Gasteiger partial charge in [-0.1, -0.05) is 29.8 Å². The van der Waals surface area contributed by atoms with Gasteiger partial charge in [0.15, 0.2) is 0 Å². The summed E-state index contributed by atoms with van der Waals surface area (Å²) in [6.07, 6.45) is -0.0401. The molecular formula is C16H14ClNO3. The smallest absolute Gasteiger partial charge is 0.307 e. The average Bonchev–Trinajstić information content (AvgIpc) is 2.43. The highest BCUT2D eigenvalue weighted by molar-refractivity contribution is 6.32. The van der Waals surface area contributed by atoms with Gasteiger partial charge in [0.25, 0.3) is 5.91 Å². The molecule has 2 aromatic carbocycles. The Morgan fingerprint density at radius 1 is 1.14 bits per heavy atom. The number of hydrogen-bond donors (Lipinski definition) is 2. The zero-order valence-electron chi connectivity index (χ0n) is 11.4. The van der Waals surface area contributed by atoms with Crippen molar-refractivity contribution in [1.82, 2.24) is 0 Å². The zero-order chi connectivity index (χ0) is 15.4. The molecule has 4 nitrogen and oxygen atoms in total. The van der Waals surface area contributed by atoms with Gasteiger partial charge in [-0.25, -0.2) is 0 Å². The van der Waals surface area contributed by atoms with Crippen molar-refractivity contribution < 1.29 is 14.7 Å². The van der Waals surface area contributed by atoms with Crippen LogP contribution in [0.4, 0.5) is 5.69 Å². The number of carbonyl (C=O) groups is 2. The van der Waals surface area contributed by atoms with Gasteiger partial charge in [0.1, 0.15) is 0 Å². The van der Waals surface area contributed by atoms with Crippen LogP contribution in [0.5, 0.6) is 0 Å². The summed E-state index contributed by atoms with van der Waals surface area (Å²) in [5, 5.41) is 12.0. The predicted octanol–water partition coefficient (Wildman–Crippen LogP) is 3.53. The van der Waals surface area contributed by atoms with Gasteiger partial charge in [0.05, 0.1) is 6.42 Å². The highest BCUT2D eigenvalue weighted by Gasteiger charge is 2.11. The first-order chi connectivity index (χ1) is 9.97. The van der Waals surface area contributed by atoms with E-state index in [1.807, 2.05) is 0 Å². The van der Waals surface area contributed by atoms with E-state index in [2.05, 4.69) is 5.32 Å². The predicted molar refractivity (Wildman–Crippen MR) is 81.9 cm³/mol. The van der Waals surface area contributed by atoms with E-state index in [1.54, 1.807) is 49.4 Å². The molecule has 2 N–H and O–H groups in total. The molecule has 0 aliphatic carbocycles. The number of anilines is 1. The largest absolute Gasteiger partial charge is 0.481 e. The fourth-order valence-corrected chi connectivity index (χ4v) is 2.11. The van der Waals surface area contributed by atoms with E-state index >= 15 is 0 Å². The molecule has 21 heavy (non-hydrogen) atoms. The molecule has 0 bridgehead atoms. The van der Waals surface area contributed by atoms with Crippen molar-refractivity contribution in [2.75, 3.05) is 5.32 Å². The highest BCUT2D eigenvalue weighted by Crippen LogP contribution is 2.20. The Bertz CT molecular complexity index is 680. The Morgan fingerprint density at radius 2 is 1.81 bits per heavy atom. The number of benzene rings is 2. The van der Waals surface area contributed by atoms with E-state index in [0.717, 1.165) is 5.56 Å². The summed E-state index contributed by atoms with van der Waals surface area (Å²) in [6, 6.07) is 11.9. The van der Waals surface area contributed by atoms with Crippen LogP contribution in [0.25, 0.3) is 0 Å². The number of nitrogens with one attached hydrogen (secondary N) is 1. The van der Waals surface area contributed by atoms with Gasteiger partial charge in [-0.3, -0.25) is 9.59 Å². The van der Waals surface area contributed by atoms with E-state index in [1.165, 1.54) is 0 Å². The molecule has 0 aliphatic heterocycles. The minimum atomic E-state index is -0.888. The number of carboxylic acids is 1. The average molecular weight is 304 g/mol. The molecule has 0 spiro atoms. The maximum absolute atomic E-state index is 12.2. The number of aliphatic carboxylic acids is 1. The third kappa shape index (κ3) is 3.83. The molecule has 2 aromatic rings. The number of halogens is 1. The fraction of sp³-hybridized carbons (Fsp3) is 0.125. The van der Waals surface area contributed by atoms with Gasteiger partial charge in [-0.15, -0.1) is 0 Å². The minimum Gasteiger partial charge on any atom is -0.481 e. The third-order valence-electron chi connectivity index (χ3n) is 3.08. The fourth-order valence-electron chi connectivity index (χ4n) is 1.93. The molecule has 0 saturated carbocycles. The maximum Gasteiger partial charge on any atom is 0.307 e. The Balaban J connectivity index is 2.12. The van der Waals surface area contributed by atoms with Crippen LogP contribution in [0.3, 0.4) is 0 Å². The molecular weight excluding hydrogens is 290 g/mol. The second-order valence-electron chi connectivity index (χ2n) is 4.63. The number of carbonyl (C=O) groups excluding carboxylic acids is 1. The van der Waals surface area contributed by atoms with E-state index in [-0.39, 0.29) is 12.3 Å². The van der Waals surface area contributed by atoms with Crippen molar-refractivity contribution in [2.24, 2.45) is 0 Å². The van der Waals surface area contributed by atoms with Crippen LogP contribution in [0.2, 0.25) is 5.02 Å². The Labute approximate surface area is 127 Å². The number of hydrogen-bond acceptors (Lipinski definition) is 2. The first kappa shape index (κ1) is 15.1. The molecule has 108 valence electrons. The lowest BCUT2D eigenvalue weighted by molar-refractivity contribution is -0.136. The van der Waals surface area contributed by atoms with Crippen molar-refractivity contribution in [3.63, 3.8) is 0 Å². The van der Waals surface area contributed by atoms with Gasteiger partial charge in [0, 0.05) is 16.3 Å². The zero-order valence-corrected chi connectivity index (χ0v) is 12.1. The van der Waals surface area contributed by atoms with E-state index in [0.29, 0.717) is 21.8 Å². The van der Waals surface area contributed by atoms with Crippen molar-refractivity contribution in [3.8, 4) is 0 Å². The standard InChI is InChI=1S/C16H14ClNO3/c1-10-13(3-2-4-14(10)17)16(21)18-12-7-5-11(6-8-12)9-15(19)20/h2-8H,9H2,1H3,(H,18,21)(H,19,20). The summed E-state index contributed by atoms with van der Waals surface area (Å²) in [4.78, 5) is 22.8. The van der Waals surface area contributed by atoms with Gasteiger partial charge in [0.2, 0.25) is 0 Å². The molecule has 0 heterocycles. The Morgan fingerprint density at radius 3 is 2.43 bits per heavy atom. The van der Waals surface area contributed by atoms with Crippen LogP contribution in [0.15, 0.2) is 42.5 Å². The summed E-state index contributed by atoms with van der Waals surface area (Å²) in [6.45, 7) is 1.78. The lowest BCUT2D eigenvalue weighted by Gasteiger charge is -2.09. The van der Waals surface area contributed by atoms with Crippen LogP contribution in [0.1, 0.15) is 21.5 Å². The van der Waals surface area contributed by atoms with E-state index in [9.17, 15) is 9.59 Å². The third-order valence-corrected chi connectivity index (χ3v) is 3.49. The first-order valence-corrected chi connectivity index (χ1v) is 6.72. The number of carboxylic acid groups (broad SMARTS) is 1. The second kappa shape index (κ2) is 6.41. The summed E-state index contributed by atoms with van der Waals surface area (Å²) in [5.41, 5.74) is 2.52. The lowest BCUT2D eigenvalue weighted by atomic mass is 10.1. The first-order valence-electron chi connectivity index (χ1n) is 6.34. The van der Waals surface area contributed by atoms with Crippen LogP contribution >= 0.6 is 11.6 Å². The molecule has 1 amide bonds. The Hall–Kier alpha value is -2.33. The quantitative estimate of drug-likeness (QED) is 0.908. The SMILES string of the molecule is Cc1c(Cl)cccc1C(=O)Nc1ccc(CC(=O)O)cc1. The van der Waals surface area contributed by atoms with Crippen molar-refractivity contribution in [2.45, 2.75) is 13.3 Å². The van der Waals surface area contributed by atoms with Gasteiger partial charge >= 0.3 is 5.97 Å². The summed E-state index contributed by atoms with van der Waals surface area (Å²) < 4.78 is 0. The monoisotopic (exact) mass is 303 g/mol. The van der Waals surface area contributed by atoms with Crippen molar-refractivity contribution >= 4 is 29.2 Å². The van der Waals surface area contributed by atoms with Gasteiger partial charge in [-0.05, 0) is 42.3 Å². The Kier molecular flexibility index (Phi) is 4.60. The van der Waals surface area contributed by atoms with Crippen LogP contribution in [-0.2, 0) is 11.2 Å². The highest BCUT2D eigenvalue weighted by atomic mass is 35.5. The molecule has 0 aromatic heterocycles. The molecule has 0 aliphatic rings. The minimum absolute atomic E-state index is 0.0401. The molecule has 5 heteroatoms. The van der Waals surface area contributed by atoms with E-state index < -0.39 is 5.97 Å². The normalized spacial score (nSPS) is 10.2. The van der Waals surface area contributed by atoms with Crippen molar-refractivity contribution in [1.29, 1.82) is 0 Å². The van der Waals surface area contributed by atoms with E-state index in [4.69, 9.17) is 16.7 Å². The van der Waals surface area contributed by atoms with Crippen molar-refractivity contribution in [3.05, 3.63) is 64.2 Å². The van der Waals surface area contributed by atoms with Crippen LogP contribution in [-0.4, -0.2) is 17.0 Å². The lowest BCUT2D eigenvalue weighted by Crippen LogP contribution is -2.13. The molecule has 0 radical (unpaired) electrons. The second-order valence-corrected chi connectivity index (χ2v) is 5.04. The number of amides is 1. The molecule has 0 atom stereocenters. The van der Waals surface area contributed by atoms with Gasteiger partial charge in [-0.2, -0.15) is 0 Å². The topological polar surface area (TPSA) is 66.4 Å². The van der Waals surface area contributed by atoms with Crippen LogP contribution in [0, 0.1) is 6.92 Å². The molecule has 2 rings (SSSR count). The summed E-state index contributed by atoms with van der Waals surface area (Å²) in [5.74, 6) is -1.14. The van der Waals surface area contributed by atoms with Crippen LogP contribution < -0.4 is 5.32 Å². The summed E-state index contributed by atoms with van der Waals surface area (Å²) >= 11 is 5.99. The molecule has 0 saturated heterocycles.